The molecule has 1 aliphatic rings. The van der Waals surface area contributed by atoms with E-state index < -0.39 is 0 Å². The average Bonchev–Trinajstić information content (AvgIpc) is 3.25. The molecular weight excluding hydrogens is 358 g/mol. The Kier molecular flexibility index (Phi) is 5.13. The molecule has 4 rings (SSSR count). The van der Waals surface area contributed by atoms with E-state index in [1.54, 1.807) is 0 Å². The van der Waals surface area contributed by atoms with Crippen molar-refractivity contribution in [3.8, 4) is 11.3 Å². The maximum atomic E-state index is 11.9. The summed E-state index contributed by atoms with van der Waals surface area (Å²) in [7, 11) is 0. The van der Waals surface area contributed by atoms with Crippen molar-refractivity contribution in [3.05, 3.63) is 35.4 Å². The molecule has 0 unspecified atom stereocenters. The lowest BCUT2D eigenvalue weighted by Gasteiger charge is -2.32. The molecular formula is C20H25N5O3. The molecule has 0 aliphatic carbocycles. The van der Waals surface area contributed by atoms with E-state index >= 15 is 0 Å². The summed E-state index contributed by atoms with van der Waals surface area (Å²) in [5, 5.41) is 8.71. The number of aromatic nitrogens is 4. The highest BCUT2D eigenvalue weighted by molar-refractivity contribution is 5.71. The minimum absolute atomic E-state index is 0.177. The van der Waals surface area contributed by atoms with Gasteiger partial charge in [-0.1, -0.05) is 5.16 Å². The minimum atomic E-state index is -0.177. The molecule has 1 aliphatic heterocycles. The van der Waals surface area contributed by atoms with Gasteiger partial charge >= 0.3 is 5.97 Å². The lowest BCUT2D eigenvalue weighted by Crippen LogP contribution is -2.39. The second kappa shape index (κ2) is 7.71. The molecule has 3 aromatic rings. The highest BCUT2D eigenvalue weighted by Crippen LogP contribution is 2.34. The number of ether oxygens (including phenoxy) is 1. The van der Waals surface area contributed by atoms with Gasteiger partial charge in [0.15, 0.2) is 11.4 Å². The molecule has 0 amide bonds. The first-order chi connectivity index (χ1) is 13.5. The Hall–Kier alpha value is -2.74. The maximum Gasteiger partial charge on any atom is 0.320 e. The van der Waals surface area contributed by atoms with Crippen molar-refractivity contribution in [2.45, 2.75) is 39.5 Å². The van der Waals surface area contributed by atoms with Gasteiger partial charge < -0.3 is 9.26 Å². The molecule has 1 atom stereocenters. The Labute approximate surface area is 163 Å². The van der Waals surface area contributed by atoms with Crippen molar-refractivity contribution in [1.29, 1.82) is 0 Å². The minimum Gasteiger partial charge on any atom is -0.465 e. The SMILES string of the molecule is CCOC(=O)CN1CCC[C@H](c2c(-c3cc(C)no3)cnc3cc(C)nn23)C1. The van der Waals surface area contributed by atoms with E-state index in [9.17, 15) is 4.79 Å². The van der Waals surface area contributed by atoms with Crippen LogP contribution < -0.4 is 0 Å². The van der Waals surface area contributed by atoms with Gasteiger partial charge in [-0.15, -0.1) is 0 Å². The molecule has 1 fully saturated rings. The zero-order valence-corrected chi connectivity index (χ0v) is 16.5. The number of carbonyl (C=O) groups is 1. The van der Waals surface area contributed by atoms with Crippen molar-refractivity contribution in [2.24, 2.45) is 0 Å². The Morgan fingerprint density at radius 3 is 2.93 bits per heavy atom. The number of likely N-dealkylation sites (tertiary alicyclic amines) is 1. The van der Waals surface area contributed by atoms with Crippen LogP contribution in [0.3, 0.4) is 0 Å². The number of carbonyl (C=O) groups excluding carboxylic acids is 1. The number of fused-ring (bicyclic) bond motifs is 1. The maximum absolute atomic E-state index is 11.9. The molecule has 1 saturated heterocycles. The second-order valence-electron chi connectivity index (χ2n) is 7.32. The van der Waals surface area contributed by atoms with Crippen LogP contribution in [0.4, 0.5) is 0 Å². The van der Waals surface area contributed by atoms with E-state index in [1.165, 1.54) is 0 Å². The Balaban J connectivity index is 1.72. The molecule has 0 saturated carbocycles. The summed E-state index contributed by atoms with van der Waals surface area (Å²) >= 11 is 0. The van der Waals surface area contributed by atoms with Crippen LogP contribution in [0.2, 0.25) is 0 Å². The lowest BCUT2D eigenvalue weighted by molar-refractivity contribution is -0.144. The fourth-order valence-electron chi connectivity index (χ4n) is 3.95. The third-order valence-electron chi connectivity index (χ3n) is 5.09. The zero-order chi connectivity index (χ0) is 19.7. The van der Waals surface area contributed by atoms with Gasteiger partial charge in [-0.2, -0.15) is 5.10 Å². The summed E-state index contributed by atoms with van der Waals surface area (Å²) in [6.07, 6.45) is 3.86. The monoisotopic (exact) mass is 383 g/mol. The molecule has 8 nitrogen and oxygen atoms in total. The Morgan fingerprint density at radius 1 is 1.32 bits per heavy atom. The van der Waals surface area contributed by atoms with E-state index in [0.29, 0.717) is 18.9 Å². The molecule has 4 heterocycles. The van der Waals surface area contributed by atoms with Crippen LogP contribution in [-0.2, 0) is 9.53 Å². The first-order valence-corrected chi connectivity index (χ1v) is 9.72. The van der Waals surface area contributed by atoms with Gasteiger partial charge in [0.1, 0.15) is 0 Å². The van der Waals surface area contributed by atoms with Gasteiger partial charge in [0.2, 0.25) is 0 Å². The number of hydrogen-bond donors (Lipinski definition) is 0. The van der Waals surface area contributed by atoms with Gasteiger partial charge in [-0.25, -0.2) is 9.50 Å². The Bertz CT molecular complexity index is 993. The van der Waals surface area contributed by atoms with Gasteiger partial charge in [-0.05, 0) is 40.2 Å². The molecule has 0 bridgehead atoms. The first kappa shape index (κ1) is 18.6. The van der Waals surface area contributed by atoms with Crippen LogP contribution in [0.1, 0.15) is 42.8 Å². The van der Waals surface area contributed by atoms with Crippen molar-refractivity contribution in [3.63, 3.8) is 0 Å². The number of hydrogen-bond acceptors (Lipinski definition) is 7. The van der Waals surface area contributed by atoms with E-state index in [1.807, 2.05) is 43.6 Å². The van der Waals surface area contributed by atoms with E-state index in [-0.39, 0.29) is 11.9 Å². The second-order valence-corrected chi connectivity index (χ2v) is 7.32. The van der Waals surface area contributed by atoms with Crippen LogP contribution in [-0.4, -0.2) is 56.9 Å². The quantitative estimate of drug-likeness (QED) is 0.626. The van der Waals surface area contributed by atoms with Gasteiger partial charge in [-0.3, -0.25) is 9.69 Å². The fraction of sp³-hybridized carbons (Fsp3) is 0.500. The topological polar surface area (TPSA) is 85.8 Å². The molecule has 28 heavy (non-hydrogen) atoms. The van der Waals surface area contributed by atoms with Crippen molar-refractivity contribution in [2.75, 3.05) is 26.2 Å². The summed E-state index contributed by atoms with van der Waals surface area (Å²) in [5.41, 5.74) is 4.51. The van der Waals surface area contributed by atoms with Crippen LogP contribution >= 0.6 is 0 Å². The van der Waals surface area contributed by atoms with Crippen LogP contribution in [0.25, 0.3) is 17.0 Å². The predicted octanol–water partition coefficient (Wildman–Crippen LogP) is 2.74. The number of aryl methyl sites for hydroxylation is 2. The van der Waals surface area contributed by atoms with E-state index in [2.05, 4.69) is 20.1 Å². The summed E-state index contributed by atoms with van der Waals surface area (Å²) in [6.45, 7) is 8.06. The van der Waals surface area contributed by atoms with Crippen molar-refractivity contribution in [1.82, 2.24) is 24.7 Å². The van der Waals surface area contributed by atoms with Gasteiger partial charge in [0.25, 0.3) is 0 Å². The zero-order valence-electron chi connectivity index (χ0n) is 16.5. The Morgan fingerprint density at radius 2 is 2.18 bits per heavy atom. The van der Waals surface area contributed by atoms with E-state index in [0.717, 1.165) is 54.2 Å². The smallest absolute Gasteiger partial charge is 0.320 e. The normalized spacial score (nSPS) is 17.9. The van der Waals surface area contributed by atoms with Gasteiger partial charge in [0, 0.05) is 30.8 Å². The molecule has 0 N–H and O–H groups in total. The van der Waals surface area contributed by atoms with Crippen LogP contribution in [0.5, 0.6) is 0 Å². The highest BCUT2D eigenvalue weighted by Gasteiger charge is 2.29. The number of esters is 1. The fourth-order valence-corrected chi connectivity index (χ4v) is 3.95. The summed E-state index contributed by atoms with van der Waals surface area (Å²) < 4.78 is 12.6. The summed E-state index contributed by atoms with van der Waals surface area (Å²) in [5.74, 6) is 0.718. The van der Waals surface area contributed by atoms with Gasteiger partial charge in [0.05, 0.1) is 35.8 Å². The third-order valence-corrected chi connectivity index (χ3v) is 5.09. The molecule has 8 heteroatoms. The summed E-state index contributed by atoms with van der Waals surface area (Å²) in [4.78, 5) is 18.7. The van der Waals surface area contributed by atoms with Crippen LogP contribution in [0.15, 0.2) is 22.9 Å². The molecule has 0 radical (unpaired) electrons. The molecule has 0 spiro atoms. The molecule has 148 valence electrons. The van der Waals surface area contributed by atoms with Crippen molar-refractivity contribution >= 4 is 11.6 Å². The molecule has 0 aromatic carbocycles. The number of nitrogens with zero attached hydrogens (tertiary/aromatic N) is 5. The number of piperidine rings is 1. The predicted molar refractivity (Wildman–Crippen MR) is 103 cm³/mol. The summed E-state index contributed by atoms with van der Waals surface area (Å²) in [6, 6.07) is 3.89. The lowest BCUT2D eigenvalue weighted by atomic mass is 9.91. The number of rotatable bonds is 5. The highest BCUT2D eigenvalue weighted by atomic mass is 16.5. The third kappa shape index (κ3) is 3.64. The largest absolute Gasteiger partial charge is 0.465 e. The van der Waals surface area contributed by atoms with Crippen molar-refractivity contribution < 1.29 is 14.1 Å². The van der Waals surface area contributed by atoms with E-state index in [4.69, 9.17) is 9.26 Å². The first-order valence-electron chi connectivity index (χ1n) is 9.72. The standard InChI is InChI=1S/C20H25N5O3/c1-4-27-19(26)12-24-7-5-6-15(11-24)20-16(17-8-14(3)23-28-17)10-21-18-9-13(2)22-25(18)20/h8-10,15H,4-7,11-12H2,1-3H3/t15-/m0/s1. The average molecular weight is 383 g/mol. The van der Waals surface area contributed by atoms with Crippen LogP contribution in [0, 0.1) is 13.8 Å². The molecule has 3 aromatic heterocycles.